The van der Waals surface area contributed by atoms with Gasteiger partial charge >= 0.3 is 5.97 Å². The van der Waals surface area contributed by atoms with Crippen LogP contribution in [-0.2, 0) is 11.2 Å². The van der Waals surface area contributed by atoms with Gasteiger partial charge in [0, 0.05) is 16.1 Å². The van der Waals surface area contributed by atoms with Crippen LogP contribution >= 0.6 is 11.6 Å². The van der Waals surface area contributed by atoms with Crippen molar-refractivity contribution in [3.63, 3.8) is 0 Å². The van der Waals surface area contributed by atoms with Gasteiger partial charge < -0.3 is 9.84 Å². The first-order chi connectivity index (χ1) is 13.5. The molecule has 1 heterocycles. The van der Waals surface area contributed by atoms with Crippen LogP contribution in [0.15, 0.2) is 54.1 Å². The lowest BCUT2D eigenvalue weighted by Gasteiger charge is -2.13. The van der Waals surface area contributed by atoms with Crippen molar-refractivity contribution in [2.75, 3.05) is 7.11 Å². The number of carboxylic acids is 1. The smallest absolute Gasteiger partial charge is 0.307 e. The van der Waals surface area contributed by atoms with Crippen LogP contribution in [0.2, 0.25) is 5.02 Å². The Morgan fingerprint density at radius 2 is 1.86 bits per heavy atom. The van der Waals surface area contributed by atoms with Crippen LogP contribution in [0.4, 0.5) is 0 Å². The fourth-order valence-electron chi connectivity index (χ4n) is 3.50. The Balaban J connectivity index is 1.89. The summed E-state index contributed by atoms with van der Waals surface area (Å²) >= 11 is 6.07. The van der Waals surface area contributed by atoms with Crippen molar-refractivity contribution in [1.82, 2.24) is 9.78 Å². The number of carboxylic acid groups (broad SMARTS) is 1. The number of aliphatic carboxylic acids is 1. The van der Waals surface area contributed by atoms with E-state index in [4.69, 9.17) is 21.4 Å². The summed E-state index contributed by atoms with van der Waals surface area (Å²) in [6.45, 7) is 0. The zero-order chi connectivity index (χ0) is 19.7. The van der Waals surface area contributed by atoms with Gasteiger partial charge in [-0.2, -0.15) is 5.10 Å². The topological polar surface area (TPSA) is 64.4 Å². The van der Waals surface area contributed by atoms with Crippen molar-refractivity contribution in [2.45, 2.75) is 19.3 Å². The van der Waals surface area contributed by atoms with Crippen LogP contribution in [0.3, 0.4) is 0 Å². The number of aryl methyl sites for hydroxylation is 1. The van der Waals surface area contributed by atoms with E-state index in [1.807, 2.05) is 59.3 Å². The normalized spacial score (nSPS) is 13.0. The third-order valence-corrected chi connectivity index (χ3v) is 5.09. The Hall–Kier alpha value is -3.05. The number of methoxy groups -OCH3 is 1. The molecule has 0 saturated carbocycles. The minimum Gasteiger partial charge on any atom is -0.497 e. The number of benzene rings is 2. The molecule has 0 fully saturated rings. The number of hydrogen-bond donors (Lipinski definition) is 1. The molecule has 4 rings (SSSR count). The van der Waals surface area contributed by atoms with Crippen LogP contribution in [0.25, 0.3) is 23.0 Å². The summed E-state index contributed by atoms with van der Waals surface area (Å²) in [6, 6.07) is 15.3. The van der Waals surface area contributed by atoms with Gasteiger partial charge in [-0.25, -0.2) is 4.68 Å². The van der Waals surface area contributed by atoms with Gasteiger partial charge in [0.1, 0.15) is 5.75 Å². The van der Waals surface area contributed by atoms with E-state index in [0.29, 0.717) is 11.4 Å². The summed E-state index contributed by atoms with van der Waals surface area (Å²) in [4.78, 5) is 11.2. The molecule has 0 radical (unpaired) electrons. The van der Waals surface area contributed by atoms with E-state index in [0.717, 1.165) is 45.9 Å². The molecule has 6 heteroatoms. The molecular formula is C22H19ClN2O3. The molecule has 2 aromatic carbocycles. The SMILES string of the molecule is COc1ccc(-n2nc3c(c2-c2ccc(Cl)cc2)C=C(CC(=O)O)CC3)cc1. The molecule has 0 amide bonds. The highest BCUT2D eigenvalue weighted by Gasteiger charge is 2.23. The highest BCUT2D eigenvalue weighted by atomic mass is 35.5. The van der Waals surface area contributed by atoms with Crippen molar-refractivity contribution in [3.05, 3.63) is 70.4 Å². The van der Waals surface area contributed by atoms with Gasteiger partial charge in [-0.1, -0.05) is 35.4 Å². The van der Waals surface area contributed by atoms with Crippen LogP contribution < -0.4 is 4.74 Å². The minimum atomic E-state index is -0.815. The van der Waals surface area contributed by atoms with Gasteiger partial charge in [0.05, 0.1) is 30.6 Å². The maximum absolute atomic E-state index is 11.2. The predicted octanol–water partition coefficient (Wildman–Crippen LogP) is 5.01. The summed E-state index contributed by atoms with van der Waals surface area (Å²) in [5, 5.41) is 14.7. The Kier molecular flexibility index (Phi) is 4.92. The zero-order valence-electron chi connectivity index (χ0n) is 15.4. The first kappa shape index (κ1) is 18.3. The molecule has 3 aromatic rings. The van der Waals surface area contributed by atoms with Crippen molar-refractivity contribution < 1.29 is 14.6 Å². The molecule has 0 atom stereocenters. The average Bonchev–Trinajstić information content (AvgIpc) is 3.07. The number of ether oxygens (including phenoxy) is 1. The van der Waals surface area contributed by atoms with Gasteiger partial charge in [0.25, 0.3) is 0 Å². The Morgan fingerprint density at radius 1 is 1.14 bits per heavy atom. The maximum Gasteiger partial charge on any atom is 0.307 e. The molecule has 1 aliphatic rings. The second kappa shape index (κ2) is 7.52. The minimum absolute atomic E-state index is 0.0488. The van der Waals surface area contributed by atoms with Gasteiger partial charge in [0.2, 0.25) is 0 Å². The second-order valence-corrected chi connectivity index (χ2v) is 7.14. The average molecular weight is 395 g/mol. The molecule has 0 bridgehead atoms. The summed E-state index contributed by atoms with van der Waals surface area (Å²) in [5.41, 5.74) is 5.66. The monoisotopic (exact) mass is 394 g/mol. The van der Waals surface area contributed by atoms with Crippen molar-refractivity contribution in [3.8, 4) is 22.7 Å². The fourth-order valence-corrected chi connectivity index (χ4v) is 3.62. The van der Waals surface area contributed by atoms with Crippen LogP contribution in [0, 0.1) is 0 Å². The Labute approximate surface area is 167 Å². The molecule has 28 heavy (non-hydrogen) atoms. The van der Waals surface area contributed by atoms with Crippen LogP contribution in [0.1, 0.15) is 24.1 Å². The van der Waals surface area contributed by atoms with E-state index < -0.39 is 5.97 Å². The highest BCUT2D eigenvalue weighted by Crippen LogP contribution is 2.36. The largest absolute Gasteiger partial charge is 0.497 e. The van der Waals surface area contributed by atoms with Gasteiger partial charge in [-0.15, -0.1) is 0 Å². The van der Waals surface area contributed by atoms with Crippen LogP contribution in [0.5, 0.6) is 5.75 Å². The fraction of sp³-hybridized carbons (Fsp3) is 0.182. The Morgan fingerprint density at radius 3 is 2.50 bits per heavy atom. The van der Waals surface area contributed by atoms with Crippen molar-refractivity contribution in [2.24, 2.45) is 0 Å². The molecular weight excluding hydrogens is 376 g/mol. The van der Waals surface area contributed by atoms with E-state index in [9.17, 15) is 9.90 Å². The molecule has 0 aliphatic heterocycles. The van der Waals surface area contributed by atoms with Crippen LogP contribution in [-0.4, -0.2) is 28.0 Å². The zero-order valence-corrected chi connectivity index (χ0v) is 16.1. The molecule has 1 aliphatic carbocycles. The summed E-state index contributed by atoms with van der Waals surface area (Å²) in [6.07, 6.45) is 3.45. The summed E-state index contributed by atoms with van der Waals surface area (Å²) in [5.74, 6) is -0.0392. The Bertz CT molecular complexity index is 1050. The standard InChI is InChI=1S/C22H19ClN2O3/c1-28-18-9-7-17(8-10-18)25-22(15-3-5-16(23)6-4-15)19-12-14(13-21(26)27)2-11-20(19)24-25/h3-10,12H,2,11,13H2,1H3,(H,26,27). The number of nitrogens with zero attached hydrogens (tertiary/aromatic N) is 2. The van der Waals surface area contributed by atoms with E-state index in [1.54, 1.807) is 7.11 Å². The third-order valence-electron chi connectivity index (χ3n) is 4.84. The predicted molar refractivity (Wildman–Crippen MR) is 109 cm³/mol. The molecule has 0 saturated heterocycles. The lowest BCUT2D eigenvalue weighted by Crippen LogP contribution is -2.03. The van der Waals surface area contributed by atoms with Gasteiger partial charge in [-0.05, 0) is 49.2 Å². The number of halogens is 1. The number of hydrogen-bond acceptors (Lipinski definition) is 3. The van der Waals surface area contributed by atoms with E-state index in [-0.39, 0.29) is 6.42 Å². The molecule has 5 nitrogen and oxygen atoms in total. The first-order valence-electron chi connectivity index (χ1n) is 8.98. The molecule has 0 spiro atoms. The number of fused-ring (bicyclic) bond motifs is 1. The van der Waals surface area contributed by atoms with Crippen molar-refractivity contribution in [1.29, 1.82) is 0 Å². The highest BCUT2D eigenvalue weighted by molar-refractivity contribution is 6.30. The number of rotatable bonds is 5. The van der Waals surface area contributed by atoms with E-state index >= 15 is 0 Å². The van der Waals surface area contributed by atoms with E-state index in [2.05, 4.69) is 0 Å². The quantitative estimate of drug-likeness (QED) is 0.661. The van der Waals surface area contributed by atoms with Crippen molar-refractivity contribution >= 4 is 23.6 Å². The second-order valence-electron chi connectivity index (χ2n) is 6.70. The lowest BCUT2D eigenvalue weighted by atomic mass is 9.92. The lowest BCUT2D eigenvalue weighted by molar-refractivity contribution is -0.136. The van der Waals surface area contributed by atoms with Gasteiger partial charge in [0.15, 0.2) is 0 Å². The van der Waals surface area contributed by atoms with E-state index in [1.165, 1.54) is 0 Å². The first-order valence-corrected chi connectivity index (χ1v) is 9.36. The molecule has 142 valence electrons. The number of aromatic nitrogens is 2. The maximum atomic E-state index is 11.2. The summed E-state index contributed by atoms with van der Waals surface area (Å²) < 4.78 is 7.17. The molecule has 1 N–H and O–H groups in total. The summed E-state index contributed by atoms with van der Waals surface area (Å²) in [7, 11) is 1.63. The molecule has 1 aromatic heterocycles. The number of carbonyl (C=O) groups is 1. The van der Waals surface area contributed by atoms with Gasteiger partial charge in [-0.3, -0.25) is 4.79 Å². The third kappa shape index (κ3) is 3.53. The molecule has 0 unspecified atom stereocenters.